The summed E-state index contributed by atoms with van der Waals surface area (Å²) in [5.74, 6) is 2.87. The average molecular weight is 527 g/mol. The molecule has 3 amide bonds. The first-order chi connectivity index (χ1) is 15.0. The lowest BCUT2D eigenvalue weighted by Crippen LogP contribution is -2.50. The van der Waals surface area contributed by atoms with Crippen molar-refractivity contribution in [3.05, 3.63) is 0 Å². The predicted molar refractivity (Wildman–Crippen MR) is 129 cm³/mol. The molecule has 14 heteroatoms. The lowest BCUT2D eigenvalue weighted by molar-refractivity contribution is -0.843. The van der Waals surface area contributed by atoms with Crippen LogP contribution < -0.4 is 10.4 Å². The topological polar surface area (TPSA) is 131 Å². The van der Waals surface area contributed by atoms with Gasteiger partial charge in [-0.15, -0.1) is 16.4 Å². The van der Waals surface area contributed by atoms with Crippen molar-refractivity contribution >= 4 is 69.1 Å². The van der Waals surface area contributed by atoms with Gasteiger partial charge < -0.3 is 25.2 Å². The second-order valence-corrected chi connectivity index (χ2v) is 13.0. The van der Waals surface area contributed by atoms with Gasteiger partial charge in [-0.2, -0.15) is 0 Å². The van der Waals surface area contributed by atoms with Crippen molar-refractivity contribution in [2.24, 2.45) is 5.10 Å². The highest BCUT2D eigenvalue weighted by Gasteiger charge is 2.43. The quantitative estimate of drug-likeness (QED) is 0.114. The van der Waals surface area contributed by atoms with Crippen molar-refractivity contribution in [3.8, 4) is 0 Å². The molecule has 2 aliphatic heterocycles. The zero-order valence-corrected chi connectivity index (χ0v) is 21.7. The molecule has 2 saturated heterocycles. The van der Waals surface area contributed by atoms with E-state index in [0.29, 0.717) is 36.2 Å². The zero-order chi connectivity index (χ0) is 23.8. The van der Waals surface area contributed by atoms with E-state index in [0.717, 1.165) is 12.3 Å². The van der Waals surface area contributed by atoms with Gasteiger partial charge in [-0.05, 0) is 0 Å². The number of quaternary nitrogens is 1. The Labute approximate surface area is 204 Å². The summed E-state index contributed by atoms with van der Waals surface area (Å²) in [5.41, 5.74) is -0.731. The van der Waals surface area contributed by atoms with E-state index >= 15 is 0 Å². The van der Waals surface area contributed by atoms with Gasteiger partial charge in [0.05, 0.1) is 18.1 Å². The van der Waals surface area contributed by atoms with Crippen LogP contribution in [0.4, 0.5) is 4.79 Å². The Morgan fingerprint density at radius 1 is 1.31 bits per heavy atom. The number of nitrogens with one attached hydrogen (secondary N) is 1. The standard InChI is InChI=1S/C18H30N4O6S4/c1-18(2,3)28-17(27)20-22(6-9-30-12-22)15(24)10-13(19-16(25)26)32-31-7-4-14(23)21-5-8-29-11-21/h13,19H,4-12H2,1-3H3,(H-,20,25,26,27). The Hall–Kier alpha value is -0.960. The van der Waals surface area contributed by atoms with E-state index in [1.54, 1.807) is 32.5 Å². The van der Waals surface area contributed by atoms with Crippen LogP contribution >= 0.6 is 45.1 Å². The maximum Gasteiger partial charge on any atom is 0.405 e. The van der Waals surface area contributed by atoms with Gasteiger partial charge in [0, 0.05) is 30.1 Å². The molecular formula is C18H30N4O6S4. The number of amides is 3. The third-order valence-corrected chi connectivity index (χ3v) is 9.05. The third-order valence-electron chi connectivity index (χ3n) is 4.37. The Morgan fingerprint density at radius 3 is 2.62 bits per heavy atom. The summed E-state index contributed by atoms with van der Waals surface area (Å²) in [5, 5.41) is 27.1. The highest BCUT2D eigenvalue weighted by molar-refractivity contribution is 8.76. The third kappa shape index (κ3) is 9.12. The molecule has 2 aliphatic rings. The average Bonchev–Trinajstić information content (AvgIpc) is 3.35. The largest absolute Gasteiger partial charge is 0.591 e. The first kappa shape index (κ1) is 27.3. The molecule has 2 fully saturated rings. The van der Waals surface area contributed by atoms with Gasteiger partial charge >= 0.3 is 12.0 Å². The SMILES string of the molecule is CC(C)(C)OC([O-])=N[N+]1(C(=O)CC(NC(=O)O)SSCCC(=O)N2CCSC2)CCSC1. The minimum absolute atomic E-state index is 0.0803. The molecule has 32 heavy (non-hydrogen) atoms. The van der Waals surface area contributed by atoms with Gasteiger partial charge in [-0.1, -0.05) is 59.2 Å². The van der Waals surface area contributed by atoms with Gasteiger partial charge in [-0.3, -0.25) is 4.79 Å². The molecule has 2 unspecified atom stereocenters. The smallest absolute Gasteiger partial charge is 0.405 e. The van der Waals surface area contributed by atoms with Gasteiger partial charge in [0.25, 0.3) is 0 Å². The second-order valence-electron chi connectivity index (χ2n) is 8.16. The van der Waals surface area contributed by atoms with E-state index < -0.39 is 27.7 Å². The van der Waals surface area contributed by atoms with Crippen molar-refractivity contribution in [3.63, 3.8) is 0 Å². The van der Waals surface area contributed by atoms with Crippen LogP contribution in [0.2, 0.25) is 0 Å². The van der Waals surface area contributed by atoms with Crippen molar-refractivity contribution in [1.29, 1.82) is 0 Å². The minimum Gasteiger partial charge on any atom is -0.591 e. The molecule has 10 nitrogen and oxygen atoms in total. The molecule has 0 aromatic carbocycles. The van der Waals surface area contributed by atoms with E-state index in [9.17, 15) is 24.6 Å². The Kier molecular flexibility index (Phi) is 10.6. The molecule has 2 atom stereocenters. The fourth-order valence-corrected chi connectivity index (χ4v) is 7.29. The number of carboxylic acid groups (broad SMARTS) is 1. The summed E-state index contributed by atoms with van der Waals surface area (Å²) in [7, 11) is 2.55. The lowest BCUT2D eigenvalue weighted by atomic mass is 10.2. The van der Waals surface area contributed by atoms with Crippen LogP contribution in [0.25, 0.3) is 0 Å². The van der Waals surface area contributed by atoms with Gasteiger partial charge in [-0.25, -0.2) is 9.59 Å². The molecular weight excluding hydrogens is 496 g/mol. The predicted octanol–water partition coefficient (Wildman–Crippen LogP) is 1.77. The highest BCUT2D eigenvalue weighted by atomic mass is 33.1. The maximum atomic E-state index is 13.1. The van der Waals surface area contributed by atoms with E-state index in [1.807, 2.05) is 4.90 Å². The maximum absolute atomic E-state index is 13.1. The first-order valence-electron chi connectivity index (χ1n) is 10.1. The number of ether oxygens (including phenoxy) is 1. The van der Waals surface area contributed by atoms with Crippen molar-refractivity contribution in [1.82, 2.24) is 10.2 Å². The first-order valence-corrected chi connectivity index (χ1v) is 14.8. The number of nitrogens with zero attached hydrogens (tertiary/aromatic N) is 3. The molecule has 0 saturated carbocycles. The summed E-state index contributed by atoms with van der Waals surface area (Å²) < 4.78 is 4.84. The van der Waals surface area contributed by atoms with Gasteiger partial charge in [0.15, 0.2) is 5.88 Å². The van der Waals surface area contributed by atoms with Crippen LogP contribution in [-0.4, -0.2) is 91.7 Å². The van der Waals surface area contributed by atoms with Crippen LogP contribution in [-0.2, 0) is 14.3 Å². The minimum atomic E-state index is -1.24. The Morgan fingerprint density at radius 2 is 2.06 bits per heavy atom. The molecule has 0 bridgehead atoms. The van der Waals surface area contributed by atoms with E-state index in [2.05, 4.69) is 10.4 Å². The number of hydrogen-bond donors (Lipinski definition) is 2. The summed E-state index contributed by atoms with van der Waals surface area (Å²) in [4.78, 5) is 38.3. The van der Waals surface area contributed by atoms with Crippen LogP contribution in [0.15, 0.2) is 5.10 Å². The fourth-order valence-electron chi connectivity index (χ4n) is 2.87. The van der Waals surface area contributed by atoms with Crippen LogP contribution in [0, 0.1) is 0 Å². The number of hydrogen-bond acceptors (Lipinski definition) is 10. The van der Waals surface area contributed by atoms with Crippen molar-refractivity contribution in [2.45, 2.75) is 44.6 Å². The number of carbonyl (C=O) groups excluding carboxylic acids is 2. The number of thioether (sulfide) groups is 2. The zero-order valence-electron chi connectivity index (χ0n) is 18.4. The molecule has 0 radical (unpaired) electrons. The molecule has 2 heterocycles. The Bertz CT molecular complexity index is 706. The summed E-state index contributed by atoms with van der Waals surface area (Å²) >= 11 is 3.23. The van der Waals surface area contributed by atoms with E-state index in [4.69, 9.17) is 4.74 Å². The van der Waals surface area contributed by atoms with Crippen LogP contribution in [0.3, 0.4) is 0 Å². The summed E-state index contributed by atoms with van der Waals surface area (Å²) in [6.07, 6.45) is -1.83. The highest BCUT2D eigenvalue weighted by Crippen LogP contribution is 2.32. The molecule has 0 aliphatic carbocycles. The normalized spacial score (nSPS) is 22.6. The second kappa shape index (κ2) is 12.5. The van der Waals surface area contributed by atoms with Crippen LogP contribution in [0.1, 0.15) is 33.6 Å². The molecule has 0 aromatic heterocycles. The monoisotopic (exact) mass is 526 g/mol. The lowest BCUT2D eigenvalue weighted by Gasteiger charge is -2.32. The molecule has 0 aromatic rings. The number of rotatable bonds is 9. The van der Waals surface area contributed by atoms with Crippen molar-refractivity contribution < 1.29 is 33.9 Å². The van der Waals surface area contributed by atoms with Gasteiger partial charge in [0.1, 0.15) is 11.9 Å². The molecule has 182 valence electrons. The Balaban J connectivity index is 1.94. The van der Waals surface area contributed by atoms with E-state index in [-0.39, 0.29) is 18.2 Å². The van der Waals surface area contributed by atoms with Gasteiger partial charge in [0.2, 0.25) is 12.0 Å². The summed E-state index contributed by atoms with van der Waals surface area (Å²) in [6.45, 7) is 6.28. The molecule has 0 spiro atoms. The number of carbonyl (C=O) groups is 3. The molecule has 2 N–H and O–H groups in total. The molecule has 2 rings (SSSR count). The fraction of sp³-hybridized carbons (Fsp3) is 0.778. The van der Waals surface area contributed by atoms with Crippen LogP contribution in [0.5, 0.6) is 0 Å². The van der Waals surface area contributed by atoms with E-state index in [1.165, 1.54) is 33.3 Å². The summed E-state index contributed by atoms with van der Waals surface area (Å²) in [6, 6.07) is 0. The van der Waals surface area contributed by atoms with Crippen molar-refractivity contribution in [2.75, 3.05) is 42.1 Å².